The Morgan fingerprint density at radius 3 is 2.78 bits per heavy atom. The van der Waals surface area contributed by atoms with Crippen molar-refractivity contribution >= 4 is 22.4 Å². The number of carbonyl (C=O) groups is 1. The van der Waals surface area contributed by atoms with E-state index < -0.39 is 5.97 Å². The average Bonchev–Trinajstić information content (AvgIpc) is 2.58. The first-order chi connectivity index (χ1) is 8.47. The van der Waals surface area contributed by atoms with E-state index in [4.69, 9.17) is 10.8 Å². The highest BCUT2D eigenvalue weighted by molar-refractivity contribution is 7.15. The van der Waals surface area contributed by atoms with E-state index in [0.29, 0.717) is 15.7 Å². The summed E-state index contributed by atoms with van der Waals surface area (Å²) in [6, 6.07) is 6.00. The lowest BCUT2D eigenvalue weighted by molar-refractivity contribution is -0.136. The molecule has 0 aliphatic carbocycles. The van der Waals surface area contributed by atoms with E-state index >= 15 is 0 Å². The molecule has 0 unspecified atom stereocenters. The number of hydrogen-bond donors (Lipinski definition) is 2. The molecule has 0 aliphatic heterocycles. The molecular weight excluding hydrogens is 248 g/mol. The summed E-state index contributed by atoms with van der Waals surface area (Å²) in [6.45, 7) is 4.01. The number of rotatable bonds is 3. The third-order valence-corrected chi connectivity index (χ3v) is 3.55. The lowest BCUT2D eigenvalue weighted by atomic mass is 10.0. The van der Waals surface area contributed by atoms with E-state index in [1.165, 1.54) is 16.9 Å². The molecule has 0 amide bonds. The summed E-state index contributed by atoms with van der Waals surface area (Å²) >= 11 is 1.24. The van der Waals surface area contributed by atoms with Crippen molar-refractivity contribution in [3.63, 3.8) is 0 Å². The van der Waals surface area contributed by atoms with Crippen LogP contribution >= 0.6 is 11.3 Å². The van der Waals surface area contributed by atoms with Crippen molar-refractivity contribution in [1.82, 2.24) is 4.98 Å². The summed E-state index contributed by atoms with van der Waals surface area (Å²) < 4.78 is 0. The van der Waals surface area contributed by atoms with E-state index in [-0.39, 0.29) is 6.42 Å². The van der Waals surface area contributed by atoms with E-state index in [0.717, 1.165) is 11.1 Å². The molecule has 1 aromatic heterocycles. The van der Waals surface area contributed by atoms with Gasteiger partial charge in [0.05, 0.1) is 12.1 Å². The van der Waals surface area contributed by atoms with Crippen molar-refractivity contribution < 1.29 is 9.90 Å². The largest absolute Gasteiger partial charge is 0.481 e. The van der Waals surface area contributed by atoms with Crippen LogP contribution in [-0.2, 0) is 11.2 Å². The molecule has 94 valence electrons. The summed E-state index contributed by atoms with van der Waals surface area (Å²) in [5.41, 5.74) is 9.57. The Kier molecular flexibility index (Phi) is 3.34. The van der Waals surface area contributed by atoms with E-state index in [1.54, 1.807) is 0 Å². The molecule has 0 bridgehead atoms. The maximum atomic E-state index is 10.8. The van der Waals surface area contributed by atoms with E-state index in [9.17, 15) is 4.79 Å². The second-order valence-corrected chi connectivity index (χ2v) is 5.33. The van der Waals surface area contributed by atoms with Gasteiger partial charge in [0.2, 0.25) is 0 Å². The second kappa shape index (κ2) is 4.78. The average molecular weight is 262 g/mol. The fraction of sp³-hybridized carbons (Fsp3) is 0.231. The molecule has 5 heteroatoms. The van der Waals surface area contributed by atoms with E-state index in [1.807, 2.05) is 26.0 Å². The molecule has 2 rings (SSSR count). The van der Waals surface area contributed by atoms with Crippen LogP contribution in [0.4, 0.5) is 5.13 Å². The van der Waals surface area contributed by atoms with Crippen LogP contribution in [0.2, 0.25) is 0 Å². The smallest absolute Gasteiger partial charge is 0.308 e. The SMILES string of the molecule is Cc1ccc(-c2nc(N)sc2CC(=O)O)c(C)c1. The van der Waals surface area contributed by atoms with Gasteiger partial charge >= 0.3 is 5.97 Å². The molecule has 1 aromatic carbocycles. The van der Waals surface area contributed by atoms with Crippen LogP contribution in [0.5, 0.6) is 0 Å². The predicted molar refractivity (Wildman–Crippen MR) is 72.8 cm³/mol. The van der Waals surface area contributed by atoms with Crippen LogP contribution in [0, 0.1) is 13.8 Å². The highest BCUT2D eigenvalue weighted by atomic mass is 32.1. The minimum atomic E-state index is -0.871. The molecule has 0 atom stereocenters. The third-order valence-electron chi connectivity index (χ3n) is 2.66. The van der Waals surface area contributed by atoms with E-state index in [2.05, 4.69) is 11.1 Å². The number of benzene rings is 1. The van der Waals surface area contributed by atoms with Crippen molar-refractivity contribution in [2.45, 2.75) is 20.3 Å². The summed E-state index contributed by atoms with van der Waals surface area (Å²) in [7, 11) is 0. The molecule has 0 fully saturated rings. The van der Waals surface area contributed by atoms with Gasteiger partial charge in [0.15, 0.2) is 5.13 Å². The number of hydrogen-bond acceptors (Lipinski definition) is 4. The fourth-order valence-corrected chi connectivity index (χ4v) is 2.75. The maximum Gasteiger partial charge on any atom is 0.308 e. The van der Waals surface area contributed by atoms with Crippen molar-refractivity contribution in [3.05, 3.63) is 34.2 Å². The molecule has 0 aliphatic rings. The highest BCUT2D eigenvalue weighted by Gasteiger charge is 2.16. The molecule has 0 radical (unpaired) electrons. The Labute approximate surface area is 109 Å². The van der Waals surface area contributed by atoms with Crippen LogP contribution in [-0.4, -0.2) is 16.1 Å². The Bertz CT molecular complexity index is 605. The molecule has 2 aromatic rings. The minimum absolute atomic E-state index is 0.0441. The Hall–Kier alpha value is -1.88. The van der Waals surface area contributed by atoms with Gasteiger partial charge in [0.1, 0.15) is 0 Å². The molecule has 1 heterocycles. The van der Waals surface area contributed by atoms with Gasteiger partial charge in [-0.1, -0.05) is 23.8 Å². The number of thiazole rings is 1. The zero-order valence-corrected chi connectivity index (χ0v) is 11.0. The number of aliphatic carboxylic acids is 1. The Morgan fingerprint density at radius 1 is 1.44 bits per heavy atom. The molecule has 18 heavy (non-hydrogen) atoms. The quantitative estimate of drug-likeness (QED) is 0.891. The molecular formula is C13H14N2O2S. The number of aromatic nitrogens is 1. The van der Waals surface area contributed by atoms with Gasteiger partial charge in [-0.05, 0) is 19.4 Å². The normalized spacial score (nSPS) is 10.6. The number of nitrogen functional groups attached to an aromatic ring is 1. The van der Waals surface area contributed by atoms with Gasteiger partial charge in [-0.3, -0.25) is 4.79 Å². The zero-order valence-electron chi connectivity index (χ0n) is 10.2. The zero-order chi connectivity index (χ0) is 13.3. The number of carboxylic acid groups (broad SMARTS) is 1. The first-order valence-electron chi connectivity index (χ1n) is 5.52. The fourth-order valence-electron chi connectivity index (χ4n) is 1.92. The minimum Gasteiger partial charge on any atom is -0.481 e. The van der Waals surface area contributed by atoms with Crippen LogP contribution in [0.25, 0.3) is 11.3 Å². The first kappa shape index (κ1) is 12.6. The lowest BCUT2D eigenvalue weighted by Gasteiger charge is -2.05. The summed E-state index contributed by atoms with van der Waals surface area (Å²) in [4.78, 5) is 15.8. The van der Waals surface area contributed by atoms with Gasteiger partial charge in [-0.25, -0.2) is 4.98 Å². The summed E-state index contributed by atoms with van der Waals surface area (Å²) in [6.07, 6.45) is -0.0441. The number of anilines is 1. The third kappa shape index (κ3) is 2.51. The van der Waals surface area contributed by atoms with Crippen LogP contribution in [0.15, 0.2) is 18.2 Å². The van der Waals surface area contributed by atoms with Gasteiger partial charge in [-0.2, -0.15) is 0 Å². The lowest BCUT2D eigenvalue weighted by Crippen LogP contribution is -2.00. The number of aryl methyl sites for hydroxylation is 2. The predicted octanol–water partition coefficient (Wildman–Crippen LogP) is 2.64. The molecule has 0 saturated heterocycles. The van der Waals surface area contributed by atoms with Gasteiger partial charge in [0.25, 0.3) is 0 Å². The van der Waals surface area contributed by atoms with Gasteiger partial charge in [0, 0.05) is 10.4 Å². The van der Waals surface area contributed by atoms with Crippen LogP contribution in [0.1, 0.15) is 16.0 Å². The molecule has 0 spiro atoms. The standard InChI is InChI=1S/C13H14N2O2S/c1-7-3-4-9(8(2)5-7)12-10(6-11(16)17)18-13(14)15-12/h3-5H,6H2,1-2H3,(H2,14,15)(H,16,17). The van der Waals surface area contributed by atoms with Gasteiger partial charge < -0.3 is 10.8 Å². The number of carboxylic acids is 1. The molecule has 3 N–H and O–H groups in total. The Morgan fingerprint density at radius 2 is 2.17 bits per heavy atom. The maximum absolute atomic E-state index is 10.8. The van der Waals surface area contributed by atoms with Crippen LogP contribution < -0.4 is 5.73 Å². The van der Waals surface area contributed by atoms with Crippen molar-refractivity contribution in [2.75, 3.05) is 5.73 Å². The van der Waals surface area contributed by atoms with Crippen LogP contribution in [0.3, 0.4) is 0 Å². The highest BCUT2D eigenvalue weighted by Crippen LogP contribution is 2.32. The summed E-state index contributed by atoms with van der Waals surface area (Å²) in [5.74, 6) is -0.871. The molecule has 4 nitrogen and oxygen atoms in total. The molecule has 0 saturated carbocycles. The second-order valence-electron chi connectivity index (χ2n) is 4.21. The topological polar surface area (TPSA) is 76.2 Å². The van der Waals surface area contributed by atoms with Crippen molar-refractivity contribution in [1.29, 1.82) is 0 Å². The Balaban J connectivity index is 2.52. The number of nitrogens with two attached hydrogens (primary N) is 1. The first-order valence-corrected chi connectivity index (χ1v) is 6.33. The van der Waals surface area contributed by atoms with Crippen molar-refractivity contribution in [2.24, 2.45) is 0 Å². The van der Waals surface area contributed by atoms with Crippen molar-refractivity contribution in [3.8, 4) is 11.3 Å². The monoisotopic (exact) mass is 262 g/mol. The summed E-state index contributed by atoms with van der Waals surface area (Å²) in [5, 5.41) is 9.30. The number of nitrogens with zero attached hydrogens (tertiary/aromatic N) is 1. The van der Waals surface area contributed by atoms with Gasteiger partial charge in [-0.15, -0.1) is 11.3 Å².